The summed E-state index contributed by atoms with van der Waals surface area (Å²) in [5, 5.41) is 0. The molecule has 1 N–H and O–H groups in total. The number of hydrogen-bond donors (Lipinski definition) is 1. The number of aryl methyl sites for hydroxylation is 1. The summed E-state index contributed by atoms with van der Waals surface area (Å²) in [6.07, 6.45) is 1.99. The van der Waals surface area contributed by atoms with E-state index in [0.717, 1.165) is 37.1 Å². The van der Waals surface area contributed by atoms with Crippen LogP contribution in [0.15, 0.2) is 24.3 Å². The van der Waals surface area contributed by atoms with Crippen molar-refractivity contribution < 1.29 is 13.2 Å². The van der Waals surface area contributed by atoms with Crippen molar-refractivity contribution in [1.82, 2.24) is 9.62 Å². The first kappa shape index (κ1) is 16.0. The summed E-state index contributed by atoms with van der Waals surface area (Å²) in [4.78, 5) is 13.9. The molecule has 2 rings (SSSR count). The molecule has 0 radical (unpaired) electrons. The molecule has 1 saturated heterocycles. The van der Waals surface area contributed by atoms with E-state index in [1.165, 1.54) is 0 Å². The summed E-state index contributed by atoms with van der Waals surface area (Å²) in [6.45, 7) is 4.98. The van der Waals surface area contributed by atoms with Crippen molar-refractivity contribution in [3.8, 4) is 0 Å². The van der Waals surface area contributed by atoms with Crippen molar-refractivity contribution >= 4 is 15.9 Å². The van der Waals surface area contributed by atoms with E-state index in [4.69, 9.17) is 0 Å². The quantitative estimate of drug-likeness (QED) is 0.894. The molecular formula is C15H22N2O3S. The van der Waals surface area contributed by atoms with E-state index >= 15 is 0 Å². The smallest absolute Gasteiger partial charge is 0.240 e. The first-order chi connectivity index (χ1) is 9.87. The molecule has 0 aromatic heterocycles. The Kier molecular flexibility index (Phi) is 5.00. The van der Waals surface area contributed by atoms with Gasteiger partial charge in [-0.2, -0.15) is 0 Å². The van der Waals surface area contributed by atoms with Crippen LogP contribution >= 0.6 is 0 Å². The predicted octanol–water partition coefficient (Wildman–Crippen LogP) is 1.43. The van der Waals surface area contributed by atoms with Crippen LogP contribution in [0.1, 0.15) is 30.9 Å². The van der Waals surface area contributed by atoms with Crippen LogP contribution in [0.4, 0.5) is 0 Å². The molecule has 6 heteroatoms. The molecule has 21 heavy (non-hydrogen) atoms. The van der Waals surface area contributed by atoms with Crippen LogP contribution in [0, 0.1) is 6.92 Å². The van der Waals surface area contributed by atoms with Crippen LogP contribution in [-0.2, 0) is 20.6 Å². The topological polar surface area (TPSA) is 66.5 Å². The SMILES string of the molecule is Cc1cccc(CS(=O)(=O)N[C@@H](C)C(=O)N2CCCC2)c1. The minimum atomic E-state index is -3.52. The van der Waals surface area contributed by atoms with E-state index < -0.39 is 16.1 Å². The lowest BCUT2D eigenvalue weighted by Gasteiger charge is -2.21. The molecule has 1 atom stereocenters. The second-order valence-corrected chi connectivity index (χ2v) is 7.37. The van der Waals surface area contributed by atoms with E-state index in [0.29, 0.717) is 0 Å². The zero-order chi connectivity index (χ0) is 15.5. The maximum atomic E-state index is 12.2. The van der Waals surface area contributed by atoms with Crippen LogP contribution in [0.5, 0.6) is 0 Å². The Bertz CT molecular complexity index is 607. The van der Waals surface area contributed by atoms with E-state index in [2.05, 4.69) is 4.72 Å². The Morgan fingerprint density at radius 1 is 1.33 bits per heavy atom. The lowest BCUT2D eigenvalue weighted by Crippen LogP contribution is -2.46. The third kappa shape index (κ3) is 4.54. The number of sulfonamides is 1. The fourth-order valence-corrected chi connectivity index (χ4v) is 3.94. The lowest BCUT2D eigenvalue weighted by molar-refractivity contribution is -0.131. The number of hydrogen-bond acceptors (Lipinski definition) is 3. The number of nitrogens with zero attached hydrogens (tertiary/aromatic N) is 1. The summed E-state index contributed by atoms with van der Waals surface area (Å²) in [7, 11) is -3.52. The van der Waals surface area contributed by atoms with Crippen molar-refractivity contribution in [3.63, 3.8) is 0 Å². The van der Waals surface area contributed by atoms with Crippen molar-refractivity contribution in [3.05, 3.63) is 35.4 Å². The second-order valence-electron chi connectivity index (χ2n) is 5.62. The normalized spacial score (nSPS) is 17.0. The zero-order valence-corrected chi connectivity index (χ0v) is 13.3. The van der Waals surface area contributed by atoms with Crippen LogP contribution in [-0.4, -0.2) is 38.4 Å². The summed E-state index contributed by atoms with van der Waals surface area (Å²) in [6, 6.07) is 6.66. The summed E-state index contributed by atoms with van der Waals surface area (Å²) < 4.78 is 26.8. The highest BCUT2D eigenvalue weighted by atomic mass is 32.2. The molecule has 0 saturated carbocycles. The Hall–Kier alpha value is -1.40. The minimum absolute atomic E-state index is 0.105. The number of carbonyl (C=O) groups is 1. The third-order valence-electron chi connectivity index (χ3n) is 3.58. The van der Waals surface area contributed by atoms with Crippen molar-refractivity contribution in [2.24, 2.45) is 0 Å². The number of rotatable bonds is 5. The molecule has 116 valence electrons. The van der Waals surface area contributed by atoms with Crippen molar-refractivity contribution in [1.29, 1.82) is 0 Å². The van der Waals surface area contributed by atoms with Gasteiger partial charge in [-0.1, -0.05) is 29.8 Å². The number of nitrogens with one attached hydrogen (secondary N) is 1. The first-order valence-electron chi connectivity index (χ1n) is 7.22. The number of amides is 1. The standard InChI is InChI=1S/C15H22N2O3S/c1-12-6-5-7-14(10-12)11-21(19,20)16-13(2)15(18)17-8-3-4-9-17/h5-7,10,13,16H,3-4,8-9,11H2,1-2H3/t13-/m0/s1. The fourth-order valence-electron chi connectivity index (χ4n) is 2.59. The number of carbonyl (C=O) groups excluding carboxylic acids is 1. The molecular weight excluding hydrogens is 288 g/mol. The molecule has 5 nitrogen and oxygen atoms in total. The van der Waals surface area contributed by atoms with Gasteiger partial charge in [-0.3, -0.25) is 4.79 Å². The van der Waals surface area contributed by atoms with Crippen molar-refractivity contribution in [2.45, 2.75) is 38.5 Å². The molecule has 0 unspecified atom stereocenters. The lowest BCUT2D eigenvalue weighted by atomic mass is 10.2. The van der Waals surface area contributed by atoms with E-state index in [-0.39, 0.29) is 11.7 Å². The second kappa shape index (κ2) is 6.58. The summed E-state index contributed by atoms with van der Waals surface area (Å²) in [5.74, 6) is -0.243. The third-order valence-corrected chi connectivity index (χ3v) is 5.01. The Balaban J connectivity index is 1.98. The number of benzene rings is 1. The molecule has 1 aliphatic rings. The minimum Gasteiger partial charge on any atom is -0.341 e. The van der Waals surface area contributed by atoms with Gasteiger partial charge in [-0.25, -0.2) is 13.1 Å². The Morgan fingerprint density at radius 2 is 2.00 bits per heavy atom. The molecule has 1 aliphatic heterocycles. The first-order valence-corrected chi connectivity index (χ1v) is 8.87. The highest BCUT2D eigenvalue weighted by Gasteiger charge is 2.26. The van der Waals surface area contributed by atoms with Gasteiger partial charge in [0, 0.05) is 13.1 Å². The van der Waals surface area contributed by atoms with Gasteiger partial charge in [-0.15, -0.1) is 0 Å². The van der Waals surface area contributed by atoms with Gasteiger partial charge in [0.05, 0.1) is 11.8 Å². The molecule has 0 spiro atoms. The fraction of sp³-hybridized carbons (Fsp3) is 0.533. The molecule has 1 amide bonds. The summed E-state index contributed by atoms with van der Waals surface area (Å²) in [5.41, 5.74) is 1.74. The highest BCUT2D eigenvalue weighted by Crippen LogP contribution is 2.11. The van der Waals surface area contributed by atoms with Gasteiger partial charge in [0.25, 0.3) is 0 Å². The van der Waals surface area contributed by atoms with E-state index in [1.54, 1.807) is 17.9 Å². The predicted molar refractivity (Wildman–Crippen MR) is 82.2 cm³/mol. The van der Waals surface area contributed by atoms with E-state index in [9.17, 15) is 13.2 Å². The van der Waals surface area contributed by atoms with E-state index in [1.807, 2.05) is 25.1 Å². The van der Waals surface area contributed by atoms with Crippen LogP contribution in [0.3, 0.4) is 0 Å². The Morgan fingerprint density at radius 3 is 2.62 bits per heavy atom. The maximum Gasteiger partial charge on any atom is 0.240 e. The molecule has 1 fully saturated rings. The molecule has 0 aliphatic carbocycles. The molecule has 0 bridgehead atoms. The van der Waals surface area contributed by atoms with Gasteiger partial charge in [0.2, 0.25) is 15.9 Å². The Labute approximate surface area is 126 Å². The van der Waals surface area contributed by atoms with Crippen LogP contribution in [0.25, 0.3) is 0 Å². The van der Waals surface area contributed by atoms with Crippen LogP contribution < -0.4 is 4.72 Å². The molecule has 1 aromatic carbocycles. The molecule has 1 heterocycles. The highest BCUT2D eigenvalue weighted by molar-refractivity contribution is 7.88. The monoisotopic (exact) mass is 310 g/mol. The van der Waals surface area contributed by atoms with Gasteiger partial charge in [-0.05, 0) is 32.3 Å². The van der Waals surface area contributed by atoms with Gasteiger partial charge < -0.3 is 4.90 Å². The maximum absolute atomic E-state index is 12.2. The number of likely N-dealkylation sites (tertiary alicyclic amines) is 1. The summed E-state index contributed by atoms with van der Waals surface area (Å²) >= 11 is 0. The average molecular weight is 310 g/mol. The zero-order valence-electron chi connectivity index (χ0n) is 12.5. The van der Waals surface area contributed by atoms with Gasteiger partial charge in [0.1, 0.15) is 0 Å². The van der Waals surface area contributed by atoms with Crippen LogP contribution in [0.2, 0.25) is 0 Å². The molecule has 1 aromatic rings. The van der Waals surface area contributed by atoms with Gasteiger partial charge in [0.15, 0.2) is 0 Å². The largest absolute Gasteiger partial charge is 0.341 e. The van der Waals surface area contributed by atoms with Gasteiger partial charge >= 0.3 is 0 Å². The average Bonchev–Trinajstić information content (AvgIpc) is 2.90. The van der Waals surface area contributed by atoms with Crippen molar-refractivity contribution in [2.75, 3.05) is 13.1 Å².